The minimum absolute atomic E-state index is 0.0567. The largest absolute Gasteiger partial charge is 0.381 e. The molecule has 0 fully saturated rings. The van der Waals surface area contributed by atoms with Crippen molar-refractivity contribution in [2.45, 2.75) is 26.3 Å². The number of aryl methyl sites for hydroxylation is 1. The predicted octanol–water partition coefficient (Wildman–Crippen LogP) is 0.149. The summed E-state index contributed by atoms with van der Waals surface area (Å²) in [7, 11) is 0. The molecule has 0 spiro atoms. The highest BCUT2D eigenvalue weighted by atomic mass is 16.5. The average Bonchev–Trinajstić information content (AvgIpc) is 2.37. The second-order valence-electron chi connectivity index (χ2n) is 3.24. The lowest BCUT2D eigenvalue weighted by Crippen LogP contribution is -2.20. The molecule has 1 N–H and O–H groups in total. The van der Waals surface area contributed by atoms with E-state index in [1.165, 1.54) is 4.74 Å². The minimum Gasteiger partial charge on any atom is -0.381 e. The molecule has 0 aliphatic carbocycles. The number of nitrogens with zero attached hydrogens (tertiary/aromatic N) is 1. The maximum absolute atomic E-state index is 11.6. The summed E-state index contributed by atoms with van der Waals surface area (Å²) in [4.78, 5) is 11.6. The maximum Gasteiger partial charge on any atom is 0.285 e. The SMILES string of the molecule is CCn1oc2c(c1=O)CCNCC2. The third-order valence-electron chi connectivity index (χ3n) is 2.41. The van der Waals surface area contributed by atoms with Crippen molar-refractivity contribution < 1.29 is 4.52 Å². The van der Waals surface area contributed by atoms with Gasteiger partial charge in [0.05, 0.1) is 12.1 Å². The van der Waals surface area contributed by atoms with Crippen LogP contribution in [0, 0.1) is 0 Å². The zero-order valence-corrected chi connectivity index (χ0v) is 7.80. The van der Waals surface area contributed by atoms with Gasteiger partial charge in [0, 0.05) is 13.0 Å². The van der Waals surface area contributed by atoms with Gasteiger partial charge >= 0.3 is 0 Å². The van der Waals surface area contributed by atoms with E-state index in [0.717, 1.165) is 37.3 Å². The fourth-order valence-electron chi connectivity index (χ4n) is 1.69. The van der Waals surface area contributed by atoms with E-state index in [0.29, 0.717) is 6.54 Å². The van der Waals surface area contributed by atoms with Crippen molar-refractivity contribution >= 4 is 0 Å². The third-order valence-corrected chi connectivity index (χ3v) is 2.41. The Morgan fingerprint density at radius 3 is 3.00 bits per heavy atom. The van der Waals surface area contributed by atoms with E-state index in [1.807, 2.05) is 6.92 Å². The highest BCUT2D eigenvalue weighted by molar-refractivity contribution is 5.16. The van der Waals surface area contributed by atoms with E-state index >= 15 is 0 Å². The predicted molar refractivity (Wildman–Crippen MR) is 48.9 cm³/mol. The Morgan fingerprint density at radius 1 is 1.46 bits per heavy atom. The summed E-state index contributed by atoms with van der Waals surface area (Å²) in [5, 5.41) is 3.24. The molecule has 1 aliphatic heterocycles. The summed E-state index contributed by atoms with van der Waals surface area (Å²) in [5.41, 5.74) is 0.924. The molecule has 1 aromatic heterocycles. The van der Waals surface area contributed by atoms with E-state index in [-0.39, 0.29) is 5.56 Å². The van der Waals surface area contributed by atoms with Gasteiger partial charge in [-0.05, 0) is 19.9 Å². The Labute approximate surface area is 76.5 Å². The van der Waals surface area contributed by atoms with Gasteiger partial charge in [-0.3, -0.25) is 4.79 Å². The summed E-state index contributed by atoms with van der Waals surface area (Å²) in [6, 6.07) is 0. The third kappa shape index (κ3) is 1.42. The lowest BCUT2D eigenvalue weighted by atomic mass is 10.2. The lowest BCUT2D eigenvalue weighted by molar-refractivity contribution is 0.250. The molecule has 2 rings (SSSR count). The second-order valence-corrected chi connectivity index (χ2v) is 3.24. The molecule has 2 heterocycles. The monoisotopic (exact) mass is 182 g/mol. The van der Waals surface area contributed by atoms with Crippen molar-refractivity contribution in [3.63, 3.8) is 0 Å². The first-order valence-corrected chi connectivity index (χ1v) is 4.75. The number of hydrogen-bond donors (Lipinski definition) is 1. The van der Waals surface area contributed by atoms with E-state index in [4.69, 9.17) is 4.52 Å². The summed E-state index contributed by atoms with van der Waals surface area (Å²) in [6.07, 6.45) is 1.63. The van der Waals surface area contributed by atoms with Crippen molar-refractivity contribution in [2.75, 3.05) is 13.1 Å². The van der Waals surface area contributed by atoms with Gasteiger partial charge in [-0.2, -0.15) is 4.74 Å². The van der Waals surface area contributed by atoms with Crippen LogP contribution in [0.25, 0.3) is 0 Å². The Kier molecular flexibility index (Phi) is 2.22. The van der Waals surface area contributed by atoms with E-state index in [1.54, 1.807) is 0 Å². The van der Waals surface area contributed by atoms with Crippen LogP contribution in [-0.4, -0.2) is 17.8 Å². The molecule has 1 aromatic rings. The van der Waals surface area contributed by atoms with Crippen LogP contribution in [0.15, 0.2) is 9.32 Å². The summed E-state index contributed by atoms with van der Waals surface area (Å²) >= 11 is 0. The molecule has 4 nitrogen and oxygen atoms in total. The molecule has 0 bridgehead atoms. The fraction of sp³-hybridized carbons (Fsp3) is 0.667. The Morgan fingerprint density at radius 2 is 2.23 bits per heavy atom. The van der Waals surface area contributed by atoms with Crippen molar-refractivity contribution in [1.29, 1.82) is 0 Å². The Hall–Kier alpha value is -1.03. The average molecular weight is 182 g/mol. The molecular formula is C9H14N2O2. The lowest BCUT2D eigenvalue weighted by Gasteiger charge is -1.96. The highest BCUT2D eigenvalue weighted by Gasteiger charge is 2.17. The summed E-state index contributed by atoms with van der Waals surface area (Å²) < 4.78 is 6.87. The number of rotatable bonds is 1. The molecule has 0 amide bonds. The molecule has 0 saturated carbocycles. The first kappa shape index (κ1) is 8.56. The Bertz CT molecular complexity index is 351. The van der Waals surface area contributed by atoms with E-state index in [9.17, 15) is 4.79 Å². The van der Waals surface area contributed by atoms with Crippen LogP contribution in [0.2, 0.25) is 0 Å². The first-order chi connectivity index (χ1) is 6.33. The molecule has 0 unspecified atom stereocenters. The van der Waals surface area contributed by atoms with Gasteiger partial charge in [0.2, 0.25) is 0 Å². The van der Waals surface area contributed by atoms with Gasteiger partial charge in [0.15, 0.2) is 0 Å². The normalized spacial score (nSPS) is 16.7. The minimum atomic E-state index is 0.0567. The quantitative estimate of drug-likeness (QED) is 0.672. The summed E-state index contributed by atoms with van der Waals surface area (Å²) in [6.45, 7) is 4.33. The van der Waals surface area contributed by atoms with Crippen LogP contribution < -0.4 is 10.9 Å². The highest BCUT2D eigenvalue weighted by Crippen LogP contribution is 2.09. The zero-order chi connectivity index (χ0) is 9.26. The fourth-order valence-corrected chi connectivity index (χ4v) is 1.69. The van der Waals surface area contributed by atoms with E-state index < -0.39 is 0 Å². The van der Waals surface area contributed by atoms with Crippen LogP contribution in [-0.2, 0) is 19.4 Å². The molecule has 72 valence electrons. The van der Waals surface area contributed by atoms with Crippen LogP contribution >= 0.6 is 0 Å². The van der Waals surface area contributed by atoms with Crippen molar-refractivity contribution in [3.8, 4) is 0 Å². The smallest absolute Gasteiger partial charge is 0.285 e. The van der Waals surface area contributed by atoms with Gasteiger partial charge in [0.1, 0.15) is 5.76 Å². The standard InChI is InChI=1S/C9H14N2O2/c1-2-11-9(12)7-3-5-10-6-4-8(7)13-11/h10H,2-6H2,1H3. The molecule has 0 aromatic carbocycles. The first-order valence-electron chi connectivity index (χ1n) is 4.75. The topological polar surface area (TPSA) is 47.2 Å². The Balaban J connectivity index is 2.45. The number of hydrogen-bond acceptors (Lipinski definition) is 3. The summed E-state index contributed by atoms with van der Waals surface area (Å²) in [5.74, 6) is 0.872. The molecule has 0 atom stereocenters. The van der Waals surface area contributed by atoms with Gasteiger partial charge in [-0.15, -0.1) is 0 Å². The second kappa shape index (κ2) is 3.38. The van der Waals surface area contributed by atoms with Crippen molar-refractivity contribution in [2.24, 2.45) is 0 Å². The van der Waals surface area contributed by atoms with Crippen LogP contribution in [0.3, 0.4) is 0 Å². The molecule has 0 saturated heterocycles. The number of aromatic nitrogens is 1. The molecule has 4 heteroatoms. The van der Waals surface area contributed by atoms with Crippen LogP contribution in [0.1, 0.15) is 18.2 Å². The van der Waals surface area contributed by atoms with Gasteiger partial charge in [-0.1, -0.05) is 0 Å². The van der Waals surface area contributed by atoms with Crippen molar-refractivity contribution in [3.05, 3.63) is 21.7 Å². The van der Waals surface area contributed by atoms with Crippen LogP contribution in [0.5, 0.6) is 0 Å². The van der Waals surface area contributed by atoms with Gasteiger partial charge in [-0.25, -0.2) is 0 Å². The molecular weight excluding hydrogens is 168 g/mol. The van der Waals surface area contributed by atoms with Crippen molar-refractivity contribution in [1.82, 2.24) is 10.1 Å². The van der Waals surface area contributed by atoms with E-state index in [2.05, 4.69) is 5.32 Å². The molecule has 13 heavy (non-hydrogen) atoms. The number of fused-ring (bicyclic) bond motifs is 1. The number of nitrogens with one attached hydrogen (secondary N) is 1. The maximum atomic E-state index is 11.6. The van der Waals surface area contributed by atoms with Gasteiger partial charge in [0.25, 0.3) is 5.56 Å². The van der Waals surface area contributed by atoms with Gasteiger partial charge < -0.3 is 9.84 Å². The molecule has 0 radical (unpaired) electrons. The van der Waals surface area contributed by atoms with Crippen LogP contribution in [0.4, 0.5) is 0 Å². The zero-order valence-electron chi connectivity index (χ0n) is 7.80. The molecule has 1 aliphatic rings.